The van der Waals surface area contributed by atoms with Gasteiger partial charge in [0.25, 0.3) is 0 Å². The summed E-state index contributed by atoms with van der Waals surface area (Å²) in [5.74, 6) is 2.45. The summed E-state index contributed by atoms with van der Waals surface area (Å²) < 4.78 is 0. The van der Waals surface area contributed by atoms with E-state index in [0.29, 0.717) is 28.4 Å². The average Bonchev–Trinajstić information content (AvgIpc) is 2.67. The fourth-order valence-electron chi connectivity index (χ4n) is 5.23. The van der Waals surface area contributed by atoms with Gasteiger partial charge in [-0.25, -0.2) is 0 Å². The molecule has 0 aromatic carbocycles. The van der Waals surface area contributed by atoms with E-state index in [-0.39, 0.29) is 0 Å². The van der Waals surface area contributed by atoms with Gasteiger partial charge < -0.3 is 0 Å². The highest BCUT2D eigenvalue weighted by Crippen LogP contribution is 2.67. The van der Waals surface area contributed by atoms with E-state index in [0.717, 1.165) is 12.3 Å². The number of fused-ring (bicyclic) bond motifs is 3. The van der Waals surface area contributed by atoms with Crippen molar-refractivity contribution in [1.82, 2.24) is 0 Å². The highest BCUT2D eigenvalue weighted by Gasteiger charge is 2.62. The third-order valence-electron chi connectivity index (χ3n) is 5.66. The van der Waals surface area contributed by atoms with Crippen LogP contribution in [0.15, 0.2) is 0 Å². The van der Waals surface area contributed by atoms with Crippen LogP contribution in [-0.4, -0.2) is 5.78 Å². The van der Waals surface area contributed by atoms with Gasteiger partial charge in [0.05, 0.1) is 0 Å². The van der Waals surface area contributed by atoms with Crippen LogP contribution < -0.4 is 0 Å². The molecule has 0 bridgehead atoms. The SMILES string of the molecule is CC1(C)CCC2(C)CC3CCC(=O)C3C12. The molecule has 1 nitrogen and oxygen atoms in total. The van der Waals surface area contributed by atoms with E-state index in [4.69, 9.17) is 0 Å². The molecular weight excluding hydrogens is 184 g/mol. The van der Waals surface area contributed by atoms with E-state index in [1.807, 2.05) is 0 Å². The van der Waals surface area contributed by atoms with Crippen LogP contribution in [0.5, 0.6) is 0 Å². The first kappa shape index (κ1) is 9.86. The second kappa shape index (κ2) is 2.67. The Hall–Kier alpha value is -0.330. The quantitative estimate of drug-likeness (QED) is 0.593. The Kier molecular flexibility index (Phi) is 1.76. The molecule has 0 aliphatic heterocycles. The first-order valence-corrected chi connectivity index (χ1v) is 6.47. The minimum absolute atomic E-state index is 0.411. The van der Waals surface area contributed by atoms with Gasteiger partial charge in [-0.2, -0.15) is 0 Å². The zero-order chi connectivity index (χ0) is 10.8. The van der Waals surface area contributed by atoms with Crippen molar-refractivity contribution < 1.29 is 4.79 Å². The Balaban J connectivity index is 2.02. The maximum Gasteiger partial charge on any atom is 0.136 e. The Morgan fingerprint density at radius 2 is 1.93 bits per heavy atom. The zero-order valence-electron chi connectivity index (χ0n) is 10.2. The summed E-state index contributed by atoms with van der Waals surface area (Å²) in [5.41, 5.74) is 0.906. The summed E-state index contributed by atoms with van der Waals surface area (Å²) in [7, 11) is 0. The Morgan fingerprint density at radius 3 is 2.67 bits per heavy atom. The van der Waals surface area contributed by atoms with Crippen molar-refractivity contribution >= 4 is 5.78 Å². The van der Waals surface area contributed by atoms with Crippen LogP contribution in [0.1, 0.15) is 52.9 Å². The van der Waals surface area contributed by atoms with Crippen LogP contribution in [0.25, 0.3) is 0 Å². The van der Waals surface area contributed by atoms with Crippen LogP contribution in [0.4, 0.5) is 0 Å². The molecule has 3 aliphatic rings. The molecular formula is C14H22O. The van der Waals surface area contributed by atoms with Crippen LogP contribution >= 0.6 is 0 Å². The molecule has 4 atom stereocenters. The Labute approximate surface area is 92.6 Å². The number of carbonyl (C=O) groups is 1. The molecule has 15 heavy (non-hydrogen) atoms. The monoisotopic (exact) mass is 206 g/mol. The molecule has 0 spiro atoms. The minimum atomic E-state index is 0.411. The molecule has 0 radical (unpaired) electrons. The number of rotatable bonds is 0. The number of carbonyl (C=O) groups excluding carboxylic acids is 1. The summed E-state index contributed by atoms with van der Waals surface area (Å²) >= 11 is 0. The van der Waals surface area contributed by atoms with Gasteiger partial charge in [-0.3, -0.25) is 4.79 Å². The molecule has 0 aromatic rings. The molecule has 1 heteroatoms. The van der Waals surface area contributed by atoms with Crippen molar-refractivity contribution in [2.75, 3.05) is 0 Å². The van der Waals surface area contributed by atoms with E-state index in [1.165, 1.54) is 25.7 Å². The molecule has 3 fully saturated rings. The van der Waals surface area contributed by atoms with Gasteiger partial charge in [-0.05, 0) is 48.3 Å². The standard InChI is InChI=1S/C14H22O/c1-13(2)6-7-14(3)8-9-4-5-10(15)11(9)12(13)14/h9,11-12H,4-8H2,1-3H3. The van der Waals surface area contributed by atoms with Crippen LogP contribution in [-0.2, 0) is 4.79 Å². The highest BCUT2D eigenvalue weighted by molar-refractivity contribution is 5.84. The lowest BCUT2D eigenvalue weighted by Gasteiger charge is -2.35. The molecule has 3 aliphatic carbocycles. The number of ketones is 1. The molecule has 0 N–H and O–H groups in total. The molecule has 0 aromatic heterocycles. The Bertz CT molecular complexity index is 317. The second-order valence-corrected chi connectivity index (χ2v) is 7.12. The van der Waals surface area contributed by atoms with E-state index >= 15 is 0 Å². The first-order chi connectivity index (χ1) is 6.94. The maximum atomic E-state index is 12.0. The lowest BCUT2D eigenvalue weighted by Crippen LogP contribution is -2.32. The van der Waals surface area contributed by atoms with E-state index in [9.17, 15) is 4.79 Å². The van der Waals surface area contributed by atoms with E-state index < -0.39 is 0 Å². The van der Waals surface area contributed by atoms with Gasteiger partial charge in [0.15, 0.2) is 0 Å². The second-order valence-electron chi connectivity index (χ2n) is 7.12. The van der Waals surface area contributed by atoms with Crippen molar-refractivity contribution in [3.8, 4) is 0 Å². The predicted octanol–water partition coefficient (Wildman–Crippen LogP) is 3.43. The molecule has 4 unspecified atom stereocenters. The summed E-state index contributed by atoms with van der Waals surface area (Å²) in [6.07, 6.45) is 6.07. The fourth-order valence-corrected chi connectivity index (χ4v) is 5.23. The molecule has 0 saturated heterocycles. The normalized spacial score (nSPS) is 51.9. The van der Waals surface area contributed by atoms with Gasteiger partial charge in [-0.1, -0.05) is 20.8 Å². The molecule has 3 saturated carbocycles. The lowest BCUT2D eigenvalue weighted by atomic mass is 9.69. The van der Waals surface area contributed by atoms with Gasteiger partial charge in [0, 0.05) is 12.3 Å². The summed E-state index contributed by atoms with van der Waals surface area (Å²) in [6.45, 7) is 7.21. The van der Waals surface area contributed by atoms with Crippen molar-refractivity contribution in [2.24, 2.45) is 28.6 Å². The van der Waals surface area contributed by atoms with Gasteiger partial charge in [0.2, 0.25) is 0 Å². The molecule has 0 amide bonds. The first-order valence-electron chi connectivity index (χ1n) is 6.47. The van der Waals surface area contributed by atoms with Crippen molar-refractivity contribution in [3.63, 3.8) is 0 Å². The van der Waals surface area contributed by atoms with Gasteiger partial charge >= 0.3 is 0 Å². The number of hydrogen-bond acceptors (Lipinski definition) is 1. The Morgan fingerprint density at radius 1 is 1.20 bits per heavy atom. The third-order valence-corrected chi connectivity index (χ3v) is 5.66. The van der Waals surface area contributed by atoms with Crippen LogP contribution in [0.2, 0.25) is 0 Å². The largest absolute Gasteiger partial charge is 0.299 e. The van der Waals surface area contributed by atoms with E-state index in [2.05, 4.69) is 20.8 Å². The summed E-state index contributed by atoms with van der Waals surface area (Å²) in [4.78, 5) is 12.0. The topological polar surface area (TPSA) is 17.1 Å². The molecule has 3 rings (SSSR count). The lowest BCUT2D eigenvalue weighted by molar-refractivity contribution is -0.123. The number of Topliss-reactive ketones (excluding diaryl/α,β-unsaturated/α-hetero) is 1. The molecule has 84 valence electrons. The predicted molar refractivity (Wildman–Crippen MR) is 60.5 cm³/mol. The van der Waals surface area contributed by atoms with Crippen LogP contribution in [0, 0.1) is 28.6 Å². The zero-order valence-corrected chi connectivity index (χ0v) is 10.2. The number of hydrogen-bond donors (Lipinski definition) is 0. The maximum absolute atomic E-state index is 12.0. The van der Waals surface area contributed by atoms with Crippen molar-refractivity contribution in [2.45, 2.75) is 52.9 Å². The van der Waals surface area contributed by atoms with Gasteiger partial charge in [-0.15, -0.1) is 0 Å². The minimum Gasteiger partial charge on any atom is -0.299 e. The van der Waals surface area contributed by atoms with E-state index in [1.54, 1.807) is 0 Å². The van der Waals surface area contributed by atoms with Gasteiger partial charge in [0.1, 0.15) is 5.78 Å². The van der Waals surface area contributed by atoms with Crippen molar-refractivity contribution in [1.29, 1.82) is 0 Å². The average molecular weight is 206 g/mol. The molecule has 0 heterocycles. The summed E-state index contributed by atoms with van der Waals surface area (Å²) in [5, 5.41) is 0. The smallest absolute Gasteiger partial charge is 0.136 e. The fraction of sp³-hybridized carbons (Fsp3) is 0.929. The highest BCUT2D eigenvalue weighted by atomic mass is 16.1. The summed E-state index contributed by atoms with van der Waals surface area (Å²) in [6, 6.07) is 0. The van der Waals surface area contributed by atoms with Crippen LogP contribution in [0.3, 0.4) is 0 Å². The van der Waals surface area contributed by atoms with Crippen molar-refractivity contribution in [3.05, 3.63) is 0 Å². The third kappa shape index (κ3) is 1.13.